The van der Waals surface area contributed by atoms with Gasteiger partial charge in [0.1, 0.15) is 10.0 Å². The van der Waals surface area contributed by atoms with Crippen molar-refractivity contribution in [3.8, 4) is 6.07 Å². The largest absolute Gasteiger partial charge is 0.255 e. The minimum atomic E-state index is -0.312. The number of nitriles is 1. The Morgan fingerprint density at radius 1 is 1.42 bits per heavy atom. The number of hydrogen-bond donors (Lipinski definition) is 0. The summed E-state index contributed by atoms with van der Waals surface area (Å²) in [5.41, 5.74) is 0.487. The summed E-state index contributed by atoms with van der Waals surface area (Å²) in [6.07, 6.45) is 5.13. The van der Waals surface area contributed by atoms with Gasteiger partial charge in [0.2, 0.25) is 0 Å². The van der Waals surface area contributed by atoms with Gasteiger partial charge in [-0.3, -0.25) is 4.98 Å². The molecular weight excluding hydrogens is 218 g/mol. The van der Waals surface area contributed by atoms with Crippen LogP contribution in [0.25, 0.3) is 0 Å². The molecule has 3 nitrogen and oxygen atoms in total. The number of nitrogens with zero attached hydrogens (tertiary/aromatic N) is 3. The number of rotatable bonds is 1. The first-order valence-corrected chi connectivity index (χ1v) is 4.45. The topological polar surface area (TPSA) is 49.6 Å². The van der Waals surface area contributed by atoms with E-state index in [1.807, 2.05) is 0 Å². The molecule has 1 aromatic rings. The SMILES string of the molecule is N#CC1(c2cnc(Br)cn2)CC1. The van der Waals surface area contributed by atoms with Crippen LogP contribution in [-0.2, 0) is 5.41 Å². The monoisotopic (exact) mass is 223 g/mol. The summed E-state index contributed by atoms with van der Waals surface area (Å²) in [5.74, 6) is 0. The van der Waals surface area contributed by atoms with E-state index in [9.17, 15) is 0 Å². The zero-order valence-electron chi connectivity index (χ0n) is 6.29. The molecule has 1 aromatic heterocycles. The molecule has 60 valence electrons. The summed E-state index contributed by atoms with van der Waals surface area (Å²) in [6.45, 7) is 0. The van der Waals surface area contributed by atoms with Gasteiger partial charge in [0, 0.05) is 0 Å². The summed E-state index contributed by atoms with van der Waals surface area (Å²) < 4.78 is 0.708. The van der Waals surface area contributed by atoms with Gasteiger partial charge in [-0.05, 0) is 28.8 Å². The fraction of sp³-hybridized carbons (Fsp3) is 0.375. The van der Waals surface area contributed by atoms with Crippen molar-refractivity contribution in [2.24, 2.45) is 0 Å². The summed E-state index contributed by atoms with van der Waals surface area (Å²) in [6, 6.07) is 2.27. The maximum absolute atomic E-state index is 8.85. The van der Waals surface area contributed by atoms with Crippen molar-refractivity contribution in [2.75, 3.05) is 0 Å². The van der Waals surface area contributed by atoms with Crippen LogP contribution in [0.4, 0.5) is 0 Å². The molecule has 1 fully saturated rings. The molecule has 1 heterocycles. The van der Waals surface area contributed by atoms with Crippen molar-refractivity contribution in [1.29, 1.82) is 5.26 Å². The second kappa shape index (κ2) is 2.53. The normalized spacial score (nSPS) is 18.3. The first-order chi connectivity index (χ1) is 5.77. The fourth-order valence-corrected chi connectivity index (χ4v) is 1.31. The van der Waals surface area contributed by atoms with Crippen molar-refractivity contribution in [1.82, 2.24) is 9.97 Å². The van der Waals surface area contributed by atoms with Crippen LogP contribution in [0, 0.1) is 11.3 Å². The smallest absolute Gasteiger partial charge is 0.124 e. The van der Waals surface area contributed by atoms with Gasteiger partial charge in [0.25, 0.3) is 0 Å². The summed E-state index contributed by atoms with van der Waals surface area (Å²) in [5, 5.41) is 8.85. The highest BCUT2D eigenvalue weighted by Gasteiger charge is 2.46. The van der Waals surface area contributed by atoms with Crippen LogP contribution < -0.4 is 0 Å². The quantitative estimate of drug-likeness (QED) is 0.730. The van der Waals surface area contributed by atoms with Crippen LogP contribution >= 0.6 is 15.9 Å². The van der Waals surface area contributed by atoms with Gasteiger partial charge in [-0.15, -0.1) is 0 Å². The van der Waals surface area contributed by atoms with E-state index in [1.54, 1.807) is 12.4 Å². The Morgan fingerprint density at radius 3 is 2.58 bits per heavy atom. The van der Waals surface area contributed by atoms with Crippen LogP contribution in [0.2, 0.25) is 0 Å². The third-order valence-electron chi connectivity index (χ3n) is 2.07. The average molecular weight is 224 g/mol. The van der Waals surface area contributed by atoms with E-state index in [4.69, 9.17) is 5.26 Å². The van der Waals surface area contributed by atoms with Crippen molar-refractivity contribution in [2.45, 2.75) is 18.3 Å². The van der Waals surface area contributed by atoms with E-state index in [0.717, 1.165) is 18.5 Å². The molecule has 0 radical (unpaired) electrons. The fourth-order valence-electron chi connectivity index (χ4n) is 1.11. The highest BCUT2D eigenvalue weighted by molar-refractivity contribution is 9.10. The summed E-state index contributed by atoms with van der Waals surface area (Å²) in [4.78, 5) is 8.19. The lowest BCUT2D eigenvalue weighted by molar-refractivity contribution is 0.836. The van der Waals surface area contributed by atoms with E-state index >= 15 is 0 Å². The third-order valence-corrected chi connectivity index (χ3v) is 2.48. The van der Waals surface area contributed by atoms with Gasteiger partial charge in [0.05, 0.1) is 24.2 Å². The molecule has 1 aliphatic rings. The number of aromatic nitrogens is 2. The van der Waals surface area contributed by atoms with E-state index in [0.29, 0.717) is 4.60 Å². The molecule has 0 atom stereocenters. The summed E-state index contributed by atoms with van der Waals surface area (Å²) >= 11 is 3.20. The Hall–Kier alpha value is -0.950. The average Bonchev–Trinajstić information content (AvgIpc) is 2.86. The van der Waals surface area contributed by atoms with Gasteiger partial charge in [-0.1, -0.05) is 0 Å². The van der Waals surface area contributed by atoms with Crippen molar-refractivity contribution < 1.29 is 0 Å². The Labute approximate surface area is 78.6 Å². The summed E-state index contributed by atoms with van der Waals surface area (Å²) in [7, 11) is 0. The Bertz CT molecular complexity index is 334. The van der Waals surface area contributed by atoms with Crippen molar-refractivity contribution in [3.05, 3.63) is 22.7 Å². The van der Waals surface area contributed by atoms with Crippen molar-refractivity contribution >= 4 is 15.9 Å². The molecule has 0 saturated heterocycles. The predicted molar refractivity (Wildman–Crippen MR) is 46.3 cm³/mol. The van der Waals surface area contributed by atoms with E-state index in [1.165, 1.54) is 0 Å². The highest BCUT2D eigenvalue weighted by Crippen LogP contribution is 2.46. The first kappa shape index (κ1) is 7.69. The molecule has 4 heteroatoms. The molecule has 0 aromatic carbocycles. The second-order valence-corrected chi connectivity index (χ2v) is 3.73. The maximum atomic E-state index is 8.85. The predicted octanol–water partition coefficient (Wildman–Crippen LogP) is 1.79. The lowest BCUT2D eigenvalue weighted by atomic mass is 10.1. The lowest BCUT2D eigenvalue weighted by Crippen LogP contribution is -2.05. The Morgan fingerprint density at radius 2 is 2.17 bits per heavy atom. The first-order valence-electron chi connectivity index (χ1n) is 3.66. The zero-order valence-corrected chi connectivity index (χ0v) is 7.87. The van der Waals surface area contributed by atoms with E-state index in [-0.39, 0.29) is 5.41 Å². The molecule has 2 rings (SSSR count). The van der Waals surface area contributed by atoms with Gasteiger partial charge in [-0.25, -0.2) is 4.98 Å². The molecule has 0 unspecified atom stereocenters. The Balaban J connectivity index is 2.37. The molecule has 1 aliphatic carbocycles. The molecule has 0 amide bonds. The lowest BCUT2D eigenvalue weighted by Gasteiger charge is -2.02. The molecular formula is C8H6BrN3. The molecule has 1 saturated carbocycles. The van der Waals surface area contributed by atoms with E-state index < -0.39 is 0 Å². The van der Waals surface area contributed by atoms with Crippen LogP contribution in [0.1, 0.15) is 18.5 Å². The standard InChI is InChI=1S/C8H6BrN3/c9-7-4-11-6(3-12-7)8(5-10)1-2-8/h3-4H,1-2H2. The number of hydrogen-bond acceptors (Lipinski definition) is 3. The minimum absolute atomic E-state index is 0.312. The molecule has 0 spiro atoms. The van der Waals surface area contributed by atoms with Gasteiger partial charge in [-0.2, -0.15) is 5.26 Å². The third kappa shape index (κ3) is 1.10. The molecule has 12 heavy (non-hydrogen) atoms. The molecule has 0 N–H and O–H groups in total. The molecule has 0 aliphatic heterocycles. The zero-order chi connectivity index (χ0) is 8.60. The van der Waals surface area contributed by atoms with Crippen LogP contribution in [0.5, 0.6) is 0 Å². The van der Waals surface area contributed by atoms with E-state index in [2.05, 4.69) is 32.0 Å². The van der Waals surface area contributed by atoms with Crippen LogP contribution in [0.3, 0.4) is 0 Å². The maximum Gasteiger partial charge on any atom is 0.124 e. The molecule has 0 bridgehead atoms. The van der Waals surface area contributed by atoms with Crippen LogP contribution in [-0.4, -0.2) is 9.97 Å². The van der Waals surface area contributed by atoms with Crippen molar-refractivity contribution in [3.63, 3.8) is 0 Å². The van der Waals surface area contributed by atoms with Gasteiger partial charge >= 0.3 is 0 Å². The highest BCUT2D eigenvalue weighted by atomic mass is 79.9. The van der Waals surface area contributed by atoms with Gasteiger partial charge in [0.15, 0.2) is 0 Å². The van der Waals surface area contributed by atoms with Gasteiger partial charge < -0.3 is 0 Å². The number of halogens is 1. The van der Waals surface area contributed by atoms with Crippen LogP contribution in [0.15, 0.2) is 17.0 Å². The Kier molecular flexibility index (Phi) is 1.62. The second-order valence-electron chi connectivity index (χ2n) is 2.92. The minimum Gasteiger partial charge on any atom is -0.255 e.